The van der Waals surface area contributed by atoms with E-state index in [4.69, 9.17) is 40.4 Å². The number of hydrogen-bond acceptors (Lipinski definition) is 16. The first-order chi connectivity index (χ1) is 35.6. The molecule has 0 radical (unpaired) electrons. The summed E-state index contributed by atoms with van der Waals surface area (Å²) in [4.78, 5) is 23.8. The highest BCUT2D eigenvalue weighted by molar-refractivity contribution is 9.10. The topological polar surface area (TPSA) is 273 Å². The van der Waals surface area contributed by atoms with Gasteiger partial charge in [-0.1, -0.05) is 41.6 Å². The van der Waals surface area contributed by atoms with Crippen molar-refractivity contribution in [3.05, 3.63) is 185 Å². The molecule has 6 aromatic heterocycles. The summed E-state index contributed by atoms with van der Waals surface area (Å²) in [6, 6.07) is 27.7. The molecule has 7 N–H and O–H groups in total. The molecule has 0 amide bonds. The minimum absolute atomic E-state index is 0.0186. The number of anilines is 5. The Morgan fingerprint density at radius 1 is 0.533 bits per heavy atom. The number of pyridine rings is 3. The molecule has 382 valence electrons. The molecule has 0 aliphatic rings. The number of nitrogen functional groups attached to an aromatic ring is 1. The number of oxime groups is 1. The van der Waals surface area contributed by atoms with E-state index in [0.29, 0.717) is 50.8 Å². The Morgan fingerprint density at radius 2 is 0.920 bits per heavy atom. The number of amidine groups is 1. The number of alkyl halides is 9. The zero-order chi connectivity index (χ0) is 54.3. The fourth-order valence-electron chi connectivity index (χ4n) is 5.73. The quantitative estimate of drug-likeness (QED) is 0.0311. The van der Waals surface area contributed by atoms with Gasteiger partial charge in [-0.05, 0) is 88.7 Å². The number of nitriles is 2. The van der Waals surface area contributed by atoms with Crippen molar-refractivity contribution < 1.29 is 58.0 Å². The largest absolute Gasteiger partial charge is 0.432 e. The van der Waals surface area contributed by atoms with Gasteiger partial charge in [0.15, 0.2) is 5.84 Å². The molecule has 3 aromatic carbocycles. The molecule has 0 unspecified atom stereocenters. The molecule has 0 spiro atoms. The lowest BCUT2D eigenvalue weighted by molar-refractivity contribution is -0.138. The van der Waals surface area contributed by atoms with Crippen LogP contribution in [0.2, 0.25) is 0 Å². The molecule has 6 heterocycles. The molecule has 0 aliphatic heterocycles. The van der Waals surface area contributed by atoms with E-state index in [9.17, 15) is 39.5 Å². The van der Waals surface area contributed by atoms with Gasteiger partial charge in [0, 0.05) is 27.4 Å². The van der Waals surface area contributed by atoms with Crippen molar-refractivity contribution in [2.45, 2.75) is 18.5 Å². The average molecular weight is 1100 g/mol. The van der Waals surface area contributed by atoms with Crippen LogP contribution < -0.4 is 22.1 Å². The van der Waals surface area contributed by atoms with Crippen LogP contribution in [0.3, 0.4) is 0 Å². The Morgan fingerprint density at radius 3 is 1.24 bits per heavy atom. The number of nitrogens with zero attached hydrogens (tertiary/aromatic N) is 9. The first-order valence-electron chi connectivity index (χ1n) is 20.6. The summed E-state index contributed by atoms with van der Waals surface area (Å²) in [6.07, 6.45) is -4.69. The van der Waals surface area contributed by atoms with E-state index < -0.39 is 35.2 Å². The summed E-state index contributed by atoms with van der Waals surface area (Å²) >= 11 is 3.20. The van der Waals surface area contributed by atoms with Crippen LogP contribution in [0.5, 0.6) is 0 Å². The van der Waals surface area contributed by atoms with Crippen molar-refractivity contribution in [2.24, 2.45) is 10.9 Å². The predicted octanol–water partition coefficient (Wildman–Crippen LogP) is 12.6. The van der Waals surface area contributed by atoms with E-state index in [1.165, 1.54) is 79.7 Å². The van der Waals surface area contributed by atoms with Crippen molar-refractivity contribution in [1.82, 2.24) is 29.9 Å². The number of aromatic nitrogens is 6. The van der Waals surface area contributed by atoms with Gasteiger partial charge in [-0.2, -0.15) is 65.0 Å². The minimum atomic E-state index is -4.39. The van der Waals surface area contributed by atoms with Crippen LogP contribution in [0.25, 0.3) is 33.8 Å². The zero-order valence-corrected chi connectivity index (χ0v) is 39.1. The Balaban J connectivity index is 0.000000172. The van der Waals surface area contributed by atoms with Crippen LogP contribution in [-0.4, -0.2) is 40.9 Å². The number of rotatable bonds is 8. The summed E-state index contributed by atoms with van der Waals surface area (Å²) in [5.41, 5.74) is 13.3. The molecule has 17 nitrogen and oxygen atoms in total. The summed E-state index contributed by atoms with van der Waals surface area (Å²) < 4.78 is 128. The highest BCUT2D eigenvalue weighted by Gasteiger charge is 2.32. The standard InChI is InChI=1S/C16H12F3N5O2.C16H9F3N4O.C10H7F3N2O.C6H3BrN2/c17-16(18,19)10-3-1-9(2-4-10)13-8-26-15(23-13)22-11-5-6-12(21-7-11)14(20)24-25;17-16(18,19)11-3-1-10(2-4-11)14-9-24-15(23-14)22-13-6-5-12(7-20)21-8-13;11-10(12,13)7-3-1-6(2-4-7)8-5-16-9(14)15-8;7-5-1-2-6(3-8)9-4-5/h1-8,25H,(H2,20,24)(H,22,23);1-6,8-9H,(H,22,23);1-5H,(H2,14,15);1-2,4H. The molecule has 9 rings (SSSR count). The Kier molecular flexibility index (Phi) is 17.5. The highest BCUT2D eigenvalue weighted by Crippen LogP contribution is 2.34. The van der Waals surface area contributed by atoms with E-state index >= 15 is 0 Å². The van der Waals surface area contributed by atoms with Crippen LogP contribution in [0.15, 0.2) is 169 Å². The first-order valence-corrected chi connectivity index (χ1v) is 21.4. The number of nitrogens with two attached hydrogens (primary N) is 2. The lowest BCUT2D eigenvalue weighted by Crippen LogP contribution is -2.14. The molecular weight excluding hydrogens is 1070 g/mol. The van der Waals surface area contributed by atoms with Crippen LogP contribution >= 0.6 is 15.9 Å². The number of oxazole rings is 3. The lowest BCUT2D eigenvalue weighted by atomic mass is 10.1. The Bertz CT molecular complexity index is 3390. The van der Waals surface area contributed by atoms with Gasteiger partial charge in [0.1, 0.15) is 65.1 Å². The molecule has 75 heavy (non-hydrogen) atoms. The van der Waals surface area contributed by atoms with Gasteiger partial charge in [0.05, 0.1) is 40.5 Å². The van der Waals surface area contributed by atoms with Gasteiger partial charge >= 0.3 is 18.5 Å². The Labute approximate surface area is 424 Å². The normalized spacial score (nSPS) is 11.3. The highest BCUT2D eigenvalue weighted by atomic mass is 79.9. The second-order valence-electron chi connectivity index (χ2n) is 14.6. The van der Waals surface area contributed by atoms with Crippen molar-refractivity contribution in [2.75, 3.05) is 16.4 Å². The van der Waals surface area contributed by atoms with Gasteiger partial charge in [-0.3, -0.25) is 4.98 Å². The van der Waals surface area contributed by atoms with Crippen LogP contribution in [-0.2, 0) is 18.5 Å². The molecule has 0 bridgehead atoms. The third-order valence-electron chi connectivity index (χ3n) is 9.41. The van der Waals surface area contributed by atoms with E-state index in [0.717, 1.165) is 40.9 Å². The average Bonchev–Trinajstić information content (AvgIpc) is 4.19. The van der Waals surface area contributed by atoms with Gasteiger partial charge < -0.3 is 40.6 Å². The predicted molar refractivity (Wildman–Crippen MR) is 254 cm³/mol. The molecule has 9 aromatic rings. The van der Waals surface area contributed by atoms with Gasteiger partial charge in [0.2, 0.25) is 0 Å². The summed E-state index contributed by atoms with van der Waals surface area (Å²) in [7, 11) is 0. The third kappa shape index (κ3) is 15.9. The minimum Gasteiger partial charge on any atom is -0.432 e. The first kappa shape index (κ1) is 54.6. The van der Waals surface area contributed by atoms with Crippen LogP contribution in [0.1, 0.15) is 33.8 Å². The van der Waals surface area contributed by atoms with E-state index in [2.05, 4.69) is 61.6 Å². The SMILES string of the molecule is N#Cc1ccc(Br)cn1.N#Cc1ccc(Nc2nc(-c3ccc(C(F)(F)F)cc3)co2)cn1.N/C(=N\O)c1ccc(Nc2nc(-c3ccc(C(F)(F)F)cc3)co2)cn1.Nc1nc(-c2ccc(C(F)(F)F)cc2)co1. The maximum atomic E-state index is 12.6. The molecule has 0 atom stereocenters. The number of halogens is 10. The Hall–Kier alpha value is -9.76. The fourth-order valence-corrected chi connectivity index (χ4v) is 5.97. The second-order valence-corrected chi connectivity index (χ2v) is 15.5. The van der Waals surface area contributed by atoms with Crippen LogP contribution in [0, 0.1) is 22.7 Å². The number of nitrogens with one attached hydrogen (secondary N) is 2. The summed E-state index contributed by atoms with van der Waals surface area (Å²) in [5, 5.41) is 34.1. The van der Waals surface area contributed by atoms with E-state index in [-0.39, 0.29) is 35.3 Å². The van der Waals surface area contributed by atoms with Gasteiger partial charge in [-0.15, -0.1) is 0 Å². The zero-order valence-electron chi connectivity index (χ0n) is 37.5. The van der Waals surface area contributed by atoms with Gasteiger partial charge in [0.25, 0.3) is 18.0 Å². The molecule has 0 fully saturated rings. The third-order valence-corrected chi connectivity index (χ3v) is 9.88. The van der Waals surface area contributed by atoms with Crippen molar-refractivity contribution >= 4 is 51.2 Å². The summed E-state index contributed by atoms with van der Waals surface area (Å²) in [5.74, 6) is -0.128. The number of benzene rings is 3. The van der Waals surface area contributed by atoms with Crippen LogP contribution in [0.4, 0.5) is 68.9 Å². The van der Waals surface area contributed by atoms with Crippen molar-refractivity contribution in [1.29, 1.82) is 10.5 Å². The van der Waals surface area contributed by atoms with Crippen molar-refractivity contribution in [3.8, 4) is 45.9 Å². The molecule has 0 saturated heterocycles. The van der Waals surface area contributed by atoms with E-state index in [1.54, 1.807) is 30.5 Å². The number of hydrogen-bond donors (Lipinski definition) is 5. The van der Waals surface area contributed by atoms with E-state index in [1.807, 2.05) is 12.1 Å². The lowest BCUT2D eigenvalue weighted by Gasteiger charge is -2.06. The maximum absolute atomic E-state index is 12.6. The van der Waals surface area contributed by atoms with Gasteiger partial charge in [-0.25, -0.2) is 9.97 Å². The monoisotopic (exact) mass is 1100 g/mol. The molecule has 27 heteroatoms. The fraction of sp³-hybridized carbons (Fsp3) is 0.0625. The second kappa shape index (κ2) is 24.1. The molecular formula is C48H31BrF9N13O4. The van der Waals surface area contributed by atoms with Crippen molar-refractivity contribution in [3.63, 3.8) is 0 Å². The molecule has 0 saturated carbocycles. The summed E-state index contributed by atoms with van der Waals surface area (Å²) in [6.45, 7) is 0. The smallest absolute Gasteiger partial charge is 0.416 e. The maximum Gasteiger partial charge on any atom is 0.416 e. The molecule has 0 aliphatic carbocycles.